The predicted molar refractivity (Wildman–Crippen MR) is 51.2 cm³/mol. The van der Waals surface area contributed by atoms with Crippen molar-refractivity contribution in [3.63, 3.8) is 0 Å². The van der Waals surface area contributed by atoms with Crippen molar-refractivity contribution in [2.75, 3.05) is 0 Å². The minimum Gasteiger partial charge on any atom is -0.391 e. The molecule has 0 aromatic carbocycles. The highest BCUT2D eigenvalue weighted by molar-refractivity contribution is 7.14. The van der Waals surface area contributed by atoms with E-state index in [2.05, 4.69) is 9.97 Å². The van der Waals surface area contributed by atoms with Crippen LogP contribution in [0, 0.1) is 5.82 Å². The first-order chi connectivity index (χ1) is 6.79. The molecule has 2 heterocycles. The molecule has 2 aromatic rings. The van der Waals surface area contributed by atoms with Crippen LogP contribution in [0.1, 0.15) is 4.88 Å². The lowest BCUT2D eigenvalue weighted by molar-refractivity contribution is 0.285. The predicted octanol–water partition coefficient (Wildman–Crippen LogP) is 1.84. The second-order valence-electron chi connectivity index (χ2n) is 2.65. The van der Waals surface area contributed by atoms with Gasteiger partial charge in [0.1, 0.15) is 10.8 Å². The van der Waals surface area contributed by atoms with E-state index in [1.54, 1.807) is 12.3 Å². The van der Waals surface area contributed by atoms with Crippen molar-refractivity contribution in [1.29, 1.82) is 0 Å². The maximum Gasteiger partial charge on any atom is 0.142 e. The van der Waals surface area contributed by atoms with Gasteiger partial charge >= 0.3 is 0 Å². The molecule has 0 fully saturated rings. The van der Waals surface area contributed by atoms with Gasteiger partial charge in [-0.2, -0.15) is 0 Å². The maximum atomic E-state index is 12.6. The Balaban J connectivity index is 2.34. The zero-order chi connectivity index (χ0) is 9.97. The third kappa shape index (κ3) is 1.78. The van der Waals surface area contributed by atoms with Crippen LogP contribution in [-0.2, 0) is 6.61 Å². The van der Waals surface area contributed by atoms with Gasteiger partial charge in [0, 0.05) is 6.20 Å². The smallest absolute Gasteiger partial charge is 0.142 e. The van der Waals surface area contributed by atoms with Gasteiger partial charge in [0.05, 0.1) is 23.4 Å². The van der Waals surface area contributed by atoms with Crippen LogP contribution in [0.3, 0.4) is 0 Å². The highest BCUT2D eigenvalue weighted by Gasteiger charge is 2.04. The van der Waals surface area contributed by atoms with Gasteiger partial charge < -0.3 is 5.11 Å². The van der Waals surface area contributed by atoms with Crippen molar-refractivity contribution < 1.29 is 9.50 Å². The molecule has 1 N–H and O–H groups in total. The zero-order valence-electron chi connectivity index (χ0n) is 7.14. The number of aliphatic hydroxyl groups excluding tert-OH is 1. The molecule has 72 valence electrons. The van der Waals surface area contributed by atoms with Gasteiger partial charge in [-0.25, -0.2) is 9.37 Å². The average molecular weight is 210 g/mol. The molecule has 0 saturated heterocycles. The zero-order valence-corrected chi connectivity index (χ0v) is 7.96. The minimum absolute atomic E-state index is 0.0289. The van der Waals surface area contributed by atoms with Gasteiger partial charge in [0.2, 0.25) is 0 Å². The van der Waals surface area contributed by atoms with Crippen LogP contribution in [0.4, 0.5) is 4.39 Å². The first-order valence-corrected chi connectivity index (χ1v) is 4.79. The summed E-state index contributed by atoms with van der Waals surface area (Å²) in [5.74, 6) is -0.368. The molecule has 2 aromatic heterocycles. The number of aromatic nitrogens is 2. The fraction of sp³-hybridized carbons (Fsp3) is 0.111. The molecule has 0 spiro atoms. The largest absolute Gasteiger partial charge is 0.391 e. The number of aliphatic hydroxyl groups is 1. The summed E-state index contributed by atoms with van der Waals surface area (Å²) >= 11 is 1.35. The lowest BCUT2D eigenvalue weighted by Gasteiger charge is -1.93. The third-order valence-electron chi connectivity index (χ3n) is 1.66. The maximum absolute atomic E-state index is 12.6. The highest BCUT2D eigenvalue weighted by atomic mass is 32.1. The van der Waals surface area contributed by atoms with Crippen LogP contribution >= 0.6 is 11.3 Å². The average Bonchev–Trinajstić information content (AvgIpc) is 2.67. The monoisotopic (exact) mass is 210 g/mol. The SMILES string of the molecule is OCc1cnc(-c2ccc(F)cn2)s1. The molecular weight excluding hydrogens is 203 g/mol. The summed E-state index contributed by atoms with van der Waals surface area (Å²) in [5.41, 5.74) is 0.621. The number of pyridine rings is 1. The van der Waals surface area contributed by atoms with E-state index in [9.17, 15) is 4.39 Å². The van der Waals surface area contributed by atoms with E-state index in [-0.39, 0.29) is 12.4 Å². The number of hydrogen-bond donors (Lipinski definition) is 1. The van der Waals surface area contributed by atoms with Crippen molar-refractivity contribution in [3.8, 4) is 10.7 Å². The molecule has 0 aliphatic carbocycles. The Morgan fingerprint density at radius 3 is 2.71 bits per heavy atom. The molecule has 0 amide bonds. The summed E-state index contributed by atoms with van der Waals surface area (Å²) in [5, 5.41) is 9.52. The summed E-state index contributed by atoms with van der Waals surface area (Å²) in [6, 6.07) is 2.90. The number of rotatable bonds is 2. The number of halogens is 1. The highest BCUT2D eigenvalue weighted by Crippen LogP contribution is 2.23. The van der Waals surface area contributed by atoms with Crippen molar-refractivity contribution in [3.05, 3.63) is 35.2 Å². The molecule has 0 aliphatic rings. The molecule has 0 saturated carbocycles. The van der Waals surface area contributed by atoms with Crippen LogP contribution < -0.4 is 0 Å². The van der Waals surface area contributed by atoms with Crippen LogP contribution in [0.25, 0.3) is 10.7 Å². The third-order valence-corrected chi connectivity index (χ3v) is 2.66. The van der Waals surface area contributed by atoms with E-state index in [4.69, 9.17) is 5.11 Å². The fourth-order valence-corrected chi connectivity index (χ4v) is 1.75. The number of hydrogen-bond acceptors (Lipinski definition) is 4. The molecular formula is C9H7FN2OS. The molecule has 0 atom stereocenters. The normalized spacial score (nSPS) is 10.4. The van der Waals surface area contributed by atoms with Gasteiger partial charge in [-0.1, -0.05) is 0 Å². The summed E-state index contributed by atoms with van der Waals surface area (Å²) < 4.78 is 12.6. The van der Waals surface area contributed by atoms with Gasteiger partial charge in [0.25, 0.3) is 0 Å². The van der Waals surface area contributed by atoms with Crippen molar-refractivity contribution in [2.24, 2.45) is 0 Å². The molecule has 0 unspecified atom stereocenters. The molecule has 2 rings (SSSR count). The van der Waals surface area contributed by atoms with E-state index >= 15 is 0 Å². The second kappa shape index (κ2) is 3.81. The molecule has 0 radical (unpaired) electrons. The Morgan fingerprint density at radius 1 is 1.29 bits per heavy atom. The van der Waals surface area contributed by atoms with Gasteiger partial charge in [-0.05, 0) is 12.1 Å². The van der Waals surface area contributed by atoms with E-state index in [0.717, 1.165) is 11.1 Å². The van der Waals surface area contributed by atoms with Crippen LogP contribution in [0.2, 0.25) is 0 Å². The summed E-state index contributed by atoms with van der Waals surface area (Å²) in [6.07, 6.45) is 2.74. The van der Waals surface area contributed by atoms with Crippen LogP contribution in [-0.4, -0.2) is 15.1 Å². The van der Waals surface area contributed by atoms with E-state index in [1.165, 1.54) is 17.4 Å². The van der Waals surface area contributed by atoms with E-state index in [1.807, 2.05) is 0 Å². The Morgan fingerprint density at radius 2 is 2.14 bits per heavy atom. The summed E-state index contributed by atoms with van der Waals surface area (Å²) in [6.45, 7) is -0.0289. The Labute approximate surface area is 83.9 Å². The van der Waals surface area contributed by atoms with E-state index < -0.39 is 0 Å². The second-order valence-corrected chi connectivity index (χ2v) is 3.77. The van der Waals surface area contributed by atoms with Crippen molar-refractivity contribution in [1.82, 2.24) is 9.97 Å². The van der Waals surface area contributed by atoms with Crippen LogP contribution in [0.5, 0.6) is 0 Å². The lowest BCUT2D eigenvalue weighted by Crippen LogP contribution is -1.82. The van der Waals surface area contributed by atoms with Crippen LogP contribution in [0.15, 0.2) is 24.5 Å². The molecule has 0 aliphatic heterocycles. The lowest BCUT2D eigenvalue weighted by atomic mass is 10.3. The Bertz CT molecular complexity index is 427. The van der Waals surface area contributed by atoms with Gasteiger partial charge in [0.15, 0.2) is 0 Å². The Hall–Kier alpha value is -1.33. The fourth-order valence-electron chi connectivity index (χ4n) is 1.00. The minimum atomic E-state index is -0.368. The van der Waals surface area contributed by atoms with Gasteiger partial charge in [-0.15, -0.1) is 11.3 Å². The molecule has 5 heteroatoms. The first-order valence-electron chi connectivity index (χ1n) is 3.97. The quantitative estimate of drug-likeness (QED) is 0.822. The molecule has 0 bridgehead atoms. The summed E-state index contributed by atoms with van der Waals surface area (Å²) in [7, 11) is 0. The number of nitrogens with zero attached hydrogens (tertiary/aromatic N) is 2. The van der Waals surface area contributed by atoms with Crippen molar-refractivity contribution >= 4 is 11.3 Å². The molecule has 14 heavy (non-hydrogen) atoms. The first kappa shape index (κ1) is 9.23. The topological polar surface area (TPSA) is 46.0 Å². The number of thiazole rings is 1. The van der Waals surface area contributed by atoms with E-state index in [0.29, 0.717) is 10.7 Å². The Kier molecular flexibility index (Phi) is 2.51. The van der Waals surface area contributed by atoms with Crippen molar-refractivity contribution in [2.45, 2.75) is 6.61 Å². The van der Waals surface area contributed by atoms with Gasteiger partial charge in [-0.3, -0.25) is 4.98 Å². The summed E-state index contributed by atoms with van der Waals surface area (Å²) in [4.78, 5) is 8.72. The standard InChI is InChI=1S/C9H7FN2OS/c10-6-1-2-8(11-3-6)9-12-4-7(5-13)14-9/h1-4,13H,5H2. The molecule has 3 nitrogen and oxygen atoms in total.